The molecule has 0 aliphatic carbocycles. The molecule has 1 rings (SSSR count). The molecular weight excluding hydrogens is 280 g/mol. The Hall–Kier alpha value is -2.15. The van der Waals surface area contributed by atoms with Crippen molar-refractivity contribution in [2.24, 2.45) is 5.73 Å². The quantitative estimate of drug-likeness (QED) is 0.582. The Bertz CT molecular complexity index is 519. The standard InChI is InChI=1S/C13H16N2O4S/c1-8(13(17)18-2)15-11(16)7-19-10-6-4-3-5-9(10)12(14)20/h3-6,8H,7H2,1-2H3,(H2,14,20)(H,15,16). The Labute approximate surface area is 122 Å². The van der Waals surface area contributed by atoms with Crippen LogP contribution in [0.3, 0.4) is 0 Å². The van der Waals surface area contributed by atoms with Crippen LogP contribution in [-0.4, -0.2) is 36.6 Å². The molecule has 108 valence electrons. The first-order chi connectivity index (χ1) is 9.45. The van der Waals surface area contributed by atoms with E-state index < -0.39 is 17.9 Å². The summed E-state index contributed by atoms with van der Waals surface area (Å²) in [6, 6.07) is 6.13. The molecule has 0 heterocycles. The van der Waals surface area contributed by atoms with Crippen LogP contribution >= 0.6 is 12.2 Å². The summed E-state index contributed by atoms with van der Waals surface area (Å²) in [5, 5.41) is 2.45. The third-order valence-electron chi connectivity index (χ3n) is 2.44. The van der Waals surface area contributed by atoms with Gasteiger partial charge in [-0.2, -0.15) is 0 Å². The van der Waals surface area contributed by atoms with Gasteiger partial charge in [0.2, 0.25) is 0 Å². The van der Waals surface area contributed by atoms with E-state index in [0.29, 0.717) is 11.3 Å². The normalized spacial score (nSPS) is 11.3. The second-order valence-corrected chi connectivity index (χ2v) is 4.40. The van der Waals surface area contributed by atoms with E-state index in [-0.39, 0.29) is 11.6 Å². The second kappa shape index (κ2) is 7.44. The number of methoxy groups -OCH3 is 1. The molecule has 1 atom stereocenters. The number of ether oxygens (including phenoxy) is 2. The molecule has 1 amide bonds. The van der Waals surface area contributed by atoms with E-state index in [1.165, 1.54) is 14.0 Å². The summed E-state index contributed by atoms with van der Waals surface area (Å²) in [7, 11) is 1.25. The third-order valence-corrected chi connectivity index (χ3v) is 2.66. The monoisotopic (exact) mass is 296 g/mol. The van der Waals surface area contributed by atoms with Gasteiger partial charge in [-0.3, -0.25) is 4.79 Å². The SMILES string of the molecule is COC(=O)C(C)NC(=O)COc1ccccc1C(N)=S. The molecule has 0 aliphatic rings. The third kappa shape index (κ3) is 4.51. The van der Waals surface area contributed by atoms with Crippen LogP contribution in [0.1, 0.15) is 12.5 Å². The van der Waals surface area contributed by atoms with Crippen molar-refractivity contribution in [1.82, 2.24) is 5.32 Å². The van der Waals surface area contributed by atoms with Crippen molar-refractivity contribution in [1.29, 1.82) is 0 Å². The fourth-order valence-corrected chi connectivity index (χ4v) is 1.63. The lowest BCUT2D eigenvalue weighted by Gasteiger charge is -2.13. The minimum absolute atomic E-state index is 0.184. The number of carbonyl (C=O) groups is 2. The molecule has 0 radical (unpaired) electrons. The number of amides is 1. The summed E-state index contributed by atoms with van der Waals surface area (Å²) in [6.45, 7) is 1.27. The van der Waals surface area contributed by atoms with E-state index in [1.807, 2.05) is 0 Å². The number of esters is 1. The summed E-state index contributed by atoms with van der Waals surface area (Å²) in [6.07, 6.45) is 0. The van der Waals surface area contributed by atoms with Gasteiger partial charge in [-0.25, -0.2) is 4.79 Å². The number of nitrogens with two attached hydrogens (primary N) is 1. The molecule has 6 nitrogen and oxygen atoms in total. The van der Waals surface area contributed by atoms with Crippen LogP contribution in [0, 0.1) is 0 Å². The average Bonchev–Trinajstić information content (AvgIpc) is 2.44. The zero-order valence-electron chi connectivity index (χ0n) is 11.2. The van der Waals surface area contributed by atoms with Gasteiger partial charge >= 0.3 is 5.97 Å². The fourth-order valence-electron chi connectivity index (χ4n) is 1.46. The maximum atomic E-state index is 11.6. The van der Waals surface area contributed by atoms with Crippen molar-refractivity contribution < 1.29 is 19.1 Å². The number of benzene rings is 1. The number of carbonyl (C=O) groups excluding carboxylic acids is 2. The summed E-state index contributed by atoms with van der Waals surface area (Å²) in [4.78, 5) is 23.0. The summed E-state index contributed by atoms with van der Waals surface area (Å²) >= 11 is 4.89. The van der Waals surface area contributed by atoms with Crippen LogP contribution < -0.4 is 15.8 Å². The molecule has 1 unspecified atom stereocenters. The van der Waals surface area contributed by atoms with Crippen molar-refractivity contribution in [3.63, 3.8) is 0 Å². The highest BCUT2D eigenvalue weighted by Crippen LogP contribution is 2.17. The number of rotatable bonds is 6. The van der Waals surface area contributed by atoms with Gasteiger partial charge in [-0.05, 0) is 19.1 Å². The van der Waals surface area contributed by atoms with E-state index in [0.717, 1.165) is 0 Å². The Morgan fingerprint density at radius 1 is 1.40 bits per heavy atom. The van der Waals surface area contributed by atoms with Gasteiger partial charge in [0.1, 0.15) is 16.8 Å². The summed E-state index contributed by atoms with van der Waals surface area (Å²) in [5.41, 5.74) is 6.10. The van der Waals surface area contributed by atoms with Crippen LogP contribution in [0.4, 0.5) is 0 Å². The van der Waals surface area contributed by atoms with Crippen molar-refractivity contribution in [3.05, 3.63) is 29.8 Å². The van der Waals surface area contributed by atoms with E-state index in [9.17, 15) is 9.59 Å². The van der Waals surface area contributed by atoms with Crippen LogP contribution in [-0.2, 0) is 14.3 Å². The molecule has 0 spiro atoms. The number of para-hydroxylation sites is 1. The summed E-state index contributed by atoms with van der Waals surface area (Å²) in [5.74, 6) is -0.552. The highest BCUT2D eigenvalue weighted by Gasteiger charge is 2.16. The van der Waals surface area contributed by atoms with E-state index >= 15 is 0 Å². The highest BCUT2D eigenvalue weighted by molar-refractivity contribution is 7.80. The van der Waals surface area contributed by atoms with Crippen LogP contribution in [0.15, 0.2) is 24.3 Å². The maximum Gasteiger partial charge on any atom is 0.328 e. The molecule has 3 N–H and O–H groups in total. The van der Waals surface area contributed by atoms with E-state index in [4.69, 9.17) is 22.7 Å². The first kappa shape index (κ1) is 15.9. The van der Waals surface area contributed by atoms with Crippen molar-refractivity contribution in [2.75, 3.05) is 13.7 Å². The molecule has 0 saturated carbocycles. The fraction of sp³-hybridized carbons (Fsp3) is 0.308. The molecule has 0 saturated heterocycles. The minimum atomic E-state index is -0.734. The van der Waals surface area contributed by atoms with Gasteiger partial charge in [0.15, 0.2) is 6.61 Å². The van der Waals surface area contributed by atoms with E-state index in [2.05, 4.69) is 10.1 Å². The maximum absolute atomic E-state index is 11.6. The van der Waals surface area contributed by atoms with Crippen molar-refractivity contribution in [3.8, 4) is 5.75 Å². The van der Waals surface area contributed by atoms with Gasteiger partial charge in [-0.15, -0.1) is 0 Å². The zero-order chi connectivity index (χ0) is 15.1. The molecule has 0 aromatic heterocycles. The van der Waals surface area contributed by atoms with E-state index in [1.54, 1.807) is 24.3 Å². The number of thiocarbonyl (C=S) groups is 1. The van der Waals surface area contributed by atoms with Crippen molar-refractivity contribution in [2.45, 2.75) is 13.0 Å². The zero-order valence-corrected chi connectivity index (χ0v) is 12.0. The van der Waals surface area contributed by atoms with Gasteiger partial charge in [0.05, 0.1) is 12.7 Å². The first-order valence-corrected chi connectivity index (χ1v) is 6.25. The highest BCUT2D eigenvalue weighted by atomic mass is 32.1. The molecule has 0 aliphatic heterocycles. The Morgan fingerprint density at radius 2 is 2.05 bits per heavy atom. The predicted molar refractivity (Wildman–Crippen MR) is 77.4 cm³/mol. The average molecular weight is 296 g/mol. The van der Waals surface area contributed by atoms with Gasteiger partial charge in [0, 0.05) is 0 Å². The Kier molecular flexibility index (Phi) is 5.92. The largest absolute Gasteiger partial charge is 0.483 e. The topological polar surface area (TPSA) is 90.6 Å². The van der Waals surface area contributed by atoms with Crippen LogP contribution in [0.2, 0.25) is 0 Å². The second-order valence-electron chi connectivity index (χ2n) is 3.96. The van der Waals surface area contributed by atoms with Gasteiger partial charge < -0.3 is 20.5 Å². The molecular formula is C13H16N2O4S. The lowest BCUT2D eigenvalue weighted by molar-refractivity contribution is -0.144. The van der Waals surface area contributed by atoms with Gasteiger partial charge in [-0.1, -0.05) is 24.4 Å². The van der Waals surface area contributed by atoms with Crippen LogP contribution in [0.25, 0.3) is 0 Å². The number of hydrogen-bond acceptors (Lipinski definition) is 5. The van der Waals surface area contributed by atoms with Gasteiger partial charge in [0.25, 0.3) is 5.91 Å². The first-order valence-electron chi connectivity index (χ1n) is 5.84. The summed E-state index contributed by atoms with van der Waals surface area (Å²) < 4.78 is 9.84. The molecule has 0 fully saturated rings. The Balaban J connectivity index is 2.57. The predicted octanol–water partition coefficient (Wildman–Crippen LogP) is 0.377. The number of hydrogen-bond donors (Lipinski definition) is 2. The minimum Gasteiger partial charge on any atom is -0.483 e. The molecule has 1 aromatic carbocycles. The lowest BCUT2D eigenvalue weighted by Crippen LogP contribution is -2.41. The van der Waals surface area contributed by atoms with Crippen LogP contribution in [0.5, 0.6) is 5.75 Å². The Morgan fingerprint density at radius 3 is 2.65 bits per heavy atom. The number of nitrogens with one attached hydrogen (secondary N) is 1. The molecule has 7 heteroatoms. The lowest BCUT2D eigenvalue weighted by atomic mass is 10.2. The molecule has 1 aromatic rings. The molecule has 0 bridgehead atoms. The molecule has 20 heavy (non-hydrogen) atoms. The van der Waals surface area contributed by atoms with Crippen molar-refractivity contribution >= 4 is 29.1 Å². The smallest absolute Gasteiger partial charge is 0.328 e.